The molecule has 4 aromatic rings. The smallest absolute Gasteiger partial charge is 0.208 e. The first-order chi connectivity index (χ1) is 16.3. The van der Waals surface area contributed by atoms with Crippen LogP contribution in [0.15, 0.2) is 55.0 Å². The first-order valence-corrected chi connectivity index (χ1v) is 11.6. The van der Waals surface area contributed by atoms with Gasteiger partial charge in [-0.1, -0.05) is 24.3 Å². The molecular formula is C26H26FN5O. The Hall–Kier alpha value is -3.45. The quantitative estimate of drug-likeness (QED) is 0.469. The Morgan fingerprint density at radius 3 is 2.73 bits per heavy atom. The highest BCUT2D eigenvalue weighted by atomic mass is 19.1. The minimum atomic E-state index is -0.223. The van der Waals surface area contributed by atoms with Gasteiger partial charge in [0.1, 0.15) is 17.2 Å². The monoisotopic (exact) mass is 443 g/mol. The SMILES string of the molecule is Fc1ccc2c(c1CNc1ncc(-c3ccc(CN4CCCC4)cc3)c3nccn13)CCO2. The maximum Gasteiger partial charge on any atom is 0.208 e. The van der Waals surface area contributed by atoms with E-state index in [2.05, 4.69) is 44.5 Å². The average Bonchev–Trinajstić information content (AvgIpc) is 3.61. The van der Waals surface area contributed by atoms with E-state index in [1.165, 1.54) is 37.6 Å². The number of halogens is 1. The van der Waals surface area contributed by atoms with E-state index < -0.39 is 0 Å². The molecule has 168 valence electrons. The van der Waals surface area contributed by atoms with E-state index in [1.54, 1.807) is 12.3 Å². The van der Waals surface area contributed by atoms with Crippen LogP contribution in [0.3, 0.4) is 0 Å². The van der Waals surface area contributed by atoms with Gasteiger partial charge in [-0.25, -0.2) is 14.4 Å². The van der Waals surface area contributed by atoms with Crippen LogP contribution in [0.25, 0.3) is 16.8 Å². The molecule has 0 radical (unpaired) electrons. The summed E-state index contributed by atoms with van der Waals surface area (Å²) in [4.78, 5) is 11.7. The van der Waals surface area contributed by atoms with Crippen molar-refractivity contribution in [3.05, 3.63) is 77.5 Å². The highest BCUT2D eigenvalue weighted by molar-refractivity contribution is 5.78. The Labute approximate surface area is 192 Å². The van der Waals surface area contributed by atoms with Crippen LogP contribution >= 0.6 is 0 Å². The molecule has 0 atom stereocenters. The van der Waals surface area contributed by atoms with Crippen molar-refractivity contribution >= 4 is 11.6 Å². The molecule has 1 N–H and O–H groups in total. The summed E-state index contributed by atoms with van der Waals surface area (Å²) in [7, 11) is 0. The van der Waals surface area contributed by atoms with Crippen LogP contribution in [-0.4, -0.2) is 39.0 Å². The minimum Gasteiger partial charge on any atom is -0.493 e. The Morgan fingerprint density at radius 2 is 1.88 bits per heavy atom. The first kappa shape index (κ1) is 20.2. The van der Waals surface area contributed by atoms with Crippen LogP contribution in [0, 0.1) is 5.82 Å². The summed E-state index contributed by atoms with van der Waals surface area (Å²) in [5.41, 5.74) is 5.78. The fourth-order valence-corrected chi connectivity index (χ4v) is 4.92. The summed E-state index contributed by atoms with van der Waals surface area (Å²) in [5, 5.41) is 3.30. The standard InChI is InChI=1S/C26H26FN5O/c27-23-7-8-24-20(9-14-33-24)22(23)16-30-26-29-15-21(25-28-10-13-32(25)26)19-5-3-18(4-6-19)17-31-11-1-2-12-31/h3-8,10,13,15H,1-2,9,11-12,14,16-17H2,(H,29,30). The molecule has 2 aromatic heterocycles. The summed E-state index contributed by atoms with van der Waals surface area (Å²) in [6, 6.07) is 11.9. The average molecular weight is 444 g/mol. The van der Waals surface area contributed by atoms with Gasteiger partial charge in [0.15, 0.2) is 0 Å². The zero-order valence-electron chi connectivity index (χ0n) is 18.4. The van der Waals surface area contributed by atoms with E-state index in [0.717, 1.165) is 41.1 Å². The second kappa shape index (κ2) is 8.48. The van der Waals surface area contributed by atoms with Gasteiger partial charge in [0.05, 0.1) is 6.61 Å². The zero-order chi connectivity index (χ0) is 22.2. The normalized spacial score (nSPS) is 15.7. The third-order valence-electron chi connectivity index (χ3n) is 6.66. The second-order valence-corrected chi connectivity index (χ2v) is 8.75. The number of anilines is 1. The van der Waals surface area contributed by atoms with Crippen molar-refractivity contribution in [1.82, 2.24) is 19.3 Å². The Morgan fingerprint density at radius 1 is 1.03 bits per heavy atom. The van der Waals surface area contributed by atoms with Crippen molar-refractivity contribution in [1.29, 1.82) is 0 Å². The summed E-state index contributed by atoms with van der Waals surface area (Å²) in [6.45, 7) is 4.32. The summed E-state index contributed by atoms with van der Waals surface area (Å²) in [6.07, 6.45) is 8.82. The van der Waals surface area contributed by atoms with Crippen LogP contribution < -0.4 is 10.1 Å². The maximum absolute atomic E-state index is 14.5. The van der Waals surface area contributed by atoms with Crippen LogP contribution in [0.5, 0.6) is 5.75 Å². The van der Waals surface area contributed by atoms with Crippen molar-refractivity contribution in [2.75, 3.05) is 25.0 Å². The van der Waals surface area contributed by atoms with Crippen molar-refractivity contribution in [2.24, 2.45) is 0 Å². The number of hydrogen-bond donors (Lipinski definition) is 1. The number of imidazole rings is 1. The van der Waals surface area contributed by atoms with Crippen LogP contribution in [0.1, 0.15) is 29.5 Å². The van der Waals surface area contributed by atoms with Gasteiger partial charge in [0, 0.05) is 54.8 Å². The predicted molar refractivity (Wildman–Crippen MR) is 126 cm³/mol. The molecule has 0 bridgehead atoms. The molecule has 1 saturated heterocycles. The van der Waals surface area contributed by atoms with Gasteiger partial charge >= 0.3 is 0 Å². The van der Waals surface area contributed by atoms with Crippen LogP contribution in [0.4, 0.5) is 10.3 Å². The predicted octanol–water partition coefficient (Wildman–Crippen LogP) is 4.68. The van der Waals surface area contributed by atoms with Gasteiger partial charge in [-0.05, 0) is 49.2 Å². The molecule has 0 spiro atoms. The number of aromatic nitrogens is 3. The van der Waals surface area contributed by atoms with Crippen molar-refractivity contribution < 1.29 is 9.13 Å². The molecule has 4 heterocycles. The topological polar surface area (TPSA) is 54.7 Å². The largest absolute Gasteiger partial charge is 0.493 e. The van der Waals surface area contributed by atoms with Crippen molar-refractivity contribution in [3.63, 3.8) is 0 Å². The Bertz CT molecular complexity index is 1290. The number of rotatable bonds is 6. The van der Waals surface area contributed by atoms with E-state index in [1.807, 2.05) is 16.8 Å². The number of hydrogen-bond acceptors (Lipinski definition) is 5. The van der Waals surface area contributed by atoms with E-state index in [0.29, 0.717) is 24.7 Å². The van der Waals surface area contributed by atoms with E-state index in [-0.39, 0.29) is 5.82 Å². The lowest BCUT2D eigenvalue weighted by atomic mass is 10.0. The van der Waals surface area contributed by atoms with Gasteiger partial charge in [0.25, 0.3) is 0 Å². The lowest BCUT2D eigenvalue weighted by Crippen LogP contribution is -2.18. The molecular weight excluding hydrogens is 417 g/mol. The van der Waals surface area contributed by atoms with Gasteiger partial charge < -0.3 is 10.1 Å². The lowest BCUT2D eigenvalue weighted by molar-refractivity contribution is 0.331. The van der Waals surface area contributed by atoms with Crippen LogP contribution in [0.2, 0.25) is 0 Å². The van der Waals surface area contributed by atoms with E-state index >= 15 is 0 Å². The van der Waals surface area contributed by atoms with Crippen molar-refractivity contribution in [3.8, 4) is 16.9 Å². The molecule has 0 unspecified atom stereocenters. The summed E-state index contributed by atoms with van der Waals surface area (Å²) in [5.74, 6) is 1.18. The van der Waals surface area contributed by atoms with Gasteiger partial charge in [-0.3, -0.25) is 9.30 Å². The molecule has 0 amide bonds. The van der Waals surface area contributed by atoms with E-state index in [4.69, 9.17) is 4.74 Å². The maximum atomic E-state index is 14.5. The van der Waals surface area contributed by atoms with E-state index in [9.17, 15) is 4.39 Å². The Balaban J connectivity index is 1.24. The zero-order valence-corrected chi connectivity index (χ0v) is 18.4. The van der Waals surface area contributed by atoms with Crippen LogP contribution in [-0.2, 0) is 19.5 Å². The summed E-state index contributed by atoms with van der Waals surface area (Å²) < 4.78 is 22.0. The molecule has 2 aromatic carbocycles. The highest BCUT2D eigenvalue weighted by Crippen LogP contribution is 2.31. The van der Waals surface area contributed by atoms with Gasteiger partial charge in [-0.15, -0.1) is 0 Å². The second-order valence-electron chi connectivity index (χ2n) is 8.75. The third kappa shape index (κ3) is 3.82. The molecule has 2 aliphatic rings. The number of benzene rings is 2. The van der Waals surface area contributed by atoms with Crippen molar-refractivity contribution in [2.45, 2.75) is 32.4 Å². The van der Waals surface area contributed by atoms with Gasteiger partial charge in [-0.2, -0.15) is 0 Å². The number of likely N-dealkylation sites (tertiary alicyclic amines) is 1. The fourth-order valence-electron chi connectivity index (χ4n) is 4.92. The minimum absolute atomic E-state index is 0.223. The Kier molecular flexibility index (Phi) is 5.19. The number of fused-ring (bicyclic) bond motifs is 2. The number of ether oxygens (including phenoxy) is 1. The third-order valence-corrected chi connectivity index (χ3v) is 6.66. The highest BCUT2D eigenvalue weighted by Gasteiger charge is 2.20. The molecule has 33 heavy (non-hydrogen) atoms. The summed E-state index contributed by atoms with van der Waals surface area (Å²) >= 11 is 0. The molecule has 6 nitrogen and oxygen atoms in total. The molecule has 7 heteroatoms. The molecule has 6 rings (SSSR count). The number of nitrogens with zero attached hydrogens (tertiary/aromatic N) is 4. The fraction of sp³-hybridized carbons (Fsp3) is 0.308. The molecule has 2 aliphatic heterocycles. The number of nitrogens with one attached hydrogen (secondary N) is 1. The molecule has 0 aliphatic carbocycles. The molecule has 0 saturated carbocycles. The molecule has 1 fully saturated rings. The van der Waals surface area contributed by atoms with Gasteiger partial charge in [0.2, 0.25) is 5.95 Å². The first-order valence-electron chi connectivity index (χ1n) is 11.6. The lowest BCUT2D eigenvalue weighted by Gasteiger charge is -2.15.